The third kappa shape index (κ3) is 6.65. The van der Waals surface area contributed by atoms with E-state index in [1.165, 1.54) is 30.2 Å². The van der Waals surface area contributed by atoms with Crippen molar-refractivity contribution in [1.82, 2.24) is 9.47 Å². The average molecular weight is 496 g/mol. The quantitative estimate of drug-likeness (QED) is 0.500. The molecule has 0 saturated carbocycles. The summed E-state index contributed by atoms with van der Waals surface area (Å²) >= 11 is 2.37. The largest absolute Gasteiger partial charge is 0.468 e. The van der Waals surface area contributed by atoms with Crippen molar-refractivity contribution in [2.24, 2.45) is 4.99 Å². The van der Waals surface area contributed by atoms with E-state index in [1.807, 2.05) is 0 Å². The van der Waals surface area contributed by atoms with Crippen molar-refractivity contribution in [3.63, 3.8) is 0 Å². The number of aromatic nitrogens is 1. The Bertz CT molecular complexity index is 1100. The summed E-state index contributed by atoms with van der Waals surface area (Å²) in [6, 6.07) is 4.92. The molecule has 0 radical (unpaired) electrons. The van der Waals surface area contributed by atoms with Crippen molar-refractivity contribution >= 4 is 57.1 Å². The number of carbonyl (C=O) groups excluding carboxylic acids is 4. The van der Waals surface area contributed by atoms with Gasteiger partial charge in [0.1, 0.15) is 6.54 Å². The number of rotatable bonds is 8. The number of nitrogens with zero attached hydrogens (tertiary/aromatic N) is 3. The molecule has 2 aromatic rings. The molecule has 0 unspecified atom stereocenters. The lowest BCUT2D eigenvalue weighted by Gasteiger charge is -2.26. The fraction of sp³-hybridized carbons (Fsp3) is 0.476. The van der Waals surface area contributed by atoms with Crippen LogP contribution in [0.25, 0.3) is 10.2 Å². The van der Waals surface area contributed by atoms with Crippen LogP contribution in [0, 0.1) is 0 Å². The molecule has 1 fully saturated rings. The minimum absolute atomic E-state index is 0.0244. The van der Waals surface area contributed by atoms with Crippen molar-refractivity contribution in [2.45, 2.75) is 13.5 Å². The van der Waals surface area contributed by atoms with Crippen molar-refractivity contribution in [2.75, 3.05) is 51.5 Å². The van der Waals surface area contributed by atoms with E-state index in [0.29, 0.717) is 46.9 Å². The van der Waals surface area contributed by atoms with Gasteiger partial charge in [0.15, 0.2) is 4.80 Å². The van der Waals surface area contributed by atoms with Crippen LogP contribution in [0.5, 0.6) is 0 Å². The Balaban J connectivity index is 1.77. The first-order valence-electron chi connectivity index (χ1n) is 10.3. The molecular formula is C21H25N3O7S2. The van der Waals surface area contributed by atoms with E-state index in [-0.39, 0.29) is 30.6 Å². The van der Waals surface area contributed by atoms with Gasteiger partial charge in [-0.05, 0) is 25.1 Å². The monoisotopic (exact) mass is 495 g/mol. The van der Waals surface area contributed by atoms with Crippen LogP contribution >= 0.6 is 23.1 Å². The molecule has 2 heterocycles. The smallest absolute Gasteiger partial charge is 0.338 e. The Morgan fingerprint density at radius 1 is 1.18 bits per heavy atom. The number of carbonyl (C=O) groups is 4. The highest BCUT2D eigenvalue weighted by atomic mass is 32.2. The molecule has 1 saturated heterocycles. The number of thioether (sulfide) groups is 1. The van der Waals surface area contributed by atoms with Gasteiger partial charge < -0.3 is 23.7 Å². The van der Waals surface area contributed by atoms with E-state index < -0.39 is 17.8 Å². The molecular weight excluding hydrogens is 470 g/mol. The molecule has 1 aliphatic heterocycles. The minimum atomic E-state index is -0.497. The molecule has 1 aliphatic rings. The van der Waals surface area contributed by atoms with Gasteiger partial charge in [0, 0.05) is 13.1 Å². The lowest BCUT2D eigenvalue weighted by atomic mass is 10.2. The van der Waals surface area contributed by atoms with E-state index >= 15 is 0 Å². The first kappa shape index (κ1) is 24.9. The fourth-order valence-electron chi connectivity index (χ4n) is 3.12. The Kier molecular flexibility index (Phi) is 9.03. The number of esters is 2. The second-order valence-electron chi connectivity index (χ2n) is 6.94. The number of hydrogen-bond donors (Lipinski definition) is 0. The predicted octanol–water partition coefficient (Wildman–Crippen LogP) is 1.07. The van der Waals surface area contributed by atoms with Crippen LogP contribution in [0.15, 0.2) is 23.2 Å². The molecule has 0 bridgehead atoms. The standard InChI is InChI=1S/C21H25N3O7S2/c1-3-31-20(28)14-4-5-15-16(10-14)33-21(24(15)11-19(27)29-2)22-17(25)12-32-13-18(26)23-6-8-30-9-7-23/h4-5,10H,3,6-9,11-13H2,1-2H3. The van der Waals surface area contributed by atoms with Gasteiger partial charge in [0.05, 0.1) is 54.2 Å². The first-order valence-corrected chi connectivity index (χ1v) is 12.3. The summed E-state index contributed by atoms with van der Waals surface area (Å²) in [5.41, 5.74) is 1.01. The van der Waals surface area contributed by atoms with E-state index in [9.17, 15) is 19.2 Å². The molecule has 10 nitrogen and oxygen atoms in total. The van der Waals surface area contributed by atoms with Gasteiger partial charge in [-0.15, -0.1) is 11.8 Å². The van der Waals surface area contributed by atoms with Gasteiger partial charge in [-0.1, -0.05) is 11.3 Å². The first-order chi connectivity index (χ1) is 15.9. The lowest BCUT2D eigenvalue weighted by Crippen LogP contribution is -2.41. The molecule has 1 aromatic carbocycles. The number of amides is 2. The molecule has 0 atom stereocenters. The van der Waals surface area contributed by atoms with E-state index in [1.54, 1.807) is 34.6 Å². The van der Waals surface area contributed by atoms with Crippen LogP contribution in [-0.2, 0) is 35.1 Å². The molecule has 178 valence electrons. The Morgan fingerprint density at radius 3 is 2.64 bits per heavy atom. The third-order valence-electron chi connectivity index (χ3n) is 4.74. The zero-order valence-electron chi connectivity index (χ0n) is 18.4. The van der Waals surface area contributed by atoms with Crippen molar-refractivity contribution < 1.29 is 33.4 Å². The number of ether oxygens (including phenoxy) is 3. The van der Waals surface area contributed by atoms with Gasteiger partial charge in [0.25, 0.3) is 5.91 Å². The maximum atomic E-state index is 12.5. The van der Waals surface area contributed by atoms with Crippen molar-refractivity contribution in [3.05, 3.63) is 28.6 Å². The van der Waals surface area contributed by atoms with E-state index in [0.717, 1.165) is 0 Å². The molecule has 0 aliphatic carbocycles. The van der Waals surface area contributed by atoms with Gasteiger partial charge in [0.2, 0.25) is 5.91 Å². The normalized spacial score (nSPS) is 14.4. The summed E-state index contributed by atoms with van der Waals surface area (Å²) in [5, 5.41) is 0. The number of benzene rings is 1. The molecule has 3 rings (SSSR count). The van der Waals surface area contributed by atoms with Crippen LogP contribution < -0.4 is 4.80 Å². The molecule has 0 spiro atoms. The highest BCUT2D eigenvalue weighted by Gasteiger charge is 2.18. The van der Waals surface area contributed by atoms with Gasteiger partial charge in [-0.3, -0.25) is 14.4 Å². The summed E-state index contributed by atoms with van der Waals surface area (Å²) in [4.78, 5) is 54.9. The van der Waals surface area contributed by atoms with Crippen molar-refractivity contribution in [1.29, 1.82) is 0 Å². The van der Waals surface area contributed by atoms with Gasteiger partial charge in [-0.2, -0.15) is 4.99 Å². The fourth-order valence-corrected chi connectivity index (χ4v) is 4.90. The summed E-state index contributed by atoms with van der Waals surface area (Å²) in [6.45, 7) is 4.00. The molecule has 12 heteroatoms. The summed E-state index contributed by atoms with van der Waals surface area (Å²) in [7, 11) is 1.28. The average Bonchev–Trinajstić information content (AvgIpc) is 3.15. The summed E-state index contributed by atoms with van der Waals surface area (Å²) in [5.74, 6) is -1.21. The Hall–Kier alpha value is -2.70. The Morgan fingerprint density at radius 2 is 1.94 bits per heavy atom. The zero-order chi connectivity index (χ0) is 23.8. The lowest BCUT2D eigenvalue weighted by molar-refractivity contribution is -0.141. The molecule has 2 amide bonds. The Labute approximate surface area is 198 Å². The maximum Gasteiger partial charge on any atom is 0.338 e. The van der Waals surface area contributed by atoms with Crippen LogP contribution in [0.2, 0.25) is 0 Å². The maximum absolute atomic E-state index is 12.5. The highest BCUT2D eigenvalue weighted by Crippen LogP contribution is 2.20. The number of hydrogen-bond acceptors (Lipinski definition) is 9. The van der Waals surface area contributed by atoms with Crippen LogP contribution in [0.3, 0.4) is 0 Å². The minimum Gasteiger partial charge on any atom is -0.468 e. The second-order valence-corrected chi connectivity index (χ2v) is 8.94. The molecule has 1 aromatic heterocycles. The van der Waals surface area contributed by atoms with Crippen LogP contribution in [0.1, 0.15) is 17.3 Å². The number of morpholine rings is 1. The van der Waals surface area contributed by atoms with Crippen LogP contribution in [-0.4, -0.2) is 84.7 Å². The highest BCUT2D eigenvalue weighted by molar-refractivity contribution is 8.00. The molecule has 0 N–H and O–H groups in total. The number of fused-ring (bicyclic) bond motifs is 1. The number of methoxy groups -OCH3 is 1. The van der Waals surface area contributed by atoms with Gasteiger partial charge >= 0.3 is 11.9 Å². The third-order valence-corrected chi connectivity index (χ3v) is 6.69. The van der Waals surface area contributed by atoms with Crippen LogP contribution in [0.4, 0.5) is 0 Å². The zero-order valence-corrected chi connectivity index (χ0v) is 20.0. The topological polar surface area (TPSA) is 116 Å². The number of thiazole rings is 1. The van der Waals surface area contributed by atoms with Gasteiger partial charge in [-0.25, -0.2) is 4.79 Å². The summed E-state index contributed by atoms with van der Waals surface area (Å²) in [6.07, 6.45) is 0. The van der Waals surface area contributed by atoms with E-state index in [4.69, 9.17) is 14.2 Å². The SMILES string of the molecule is CCOC(=O)c1ccc2c(c1)sc(=NC(=O)CSCC(=O)N1CCOCC1)n2CC(=O)OC. The second kappa shape index (κ2) is 12.0. The summed E-state index contributed by atoms with van der Waals surface area (Å²) < 4.78 is 17.3. The molecule has 33 heavy (non-hydrogen) atoms. The van der Waals surface area contributed by atoms with Crippen molar-refractivity contribution in [3.8, 4) is 0 Å². The van der Waals surface area contributed by atoms with E-state index in [2.05, 4.69) is 4.99 Å². The predicted molar refractivity (Wildman–Crippen MR) is 123 cm³/mol.